The Morgan fingerprint density at radius 3 is 2.70 bits per heavy atom. The Bertz CT molecular complexity index is 798. The maximum absolute atomic E-state index is 13.0. The molecule has 7 nitrogen and oxygen atoms in total. The van der Waals surface area contributed by atoms with Crippen molar-refractivity contribution in [2.45, 2.75) is 44.6 Å². The highest BCUT2D eigenvalue weighted by atomic mass is 16.2. The van der Waals surface area contributed by atoms with E-state index in [4.69, 9.17) is 0 Å². The van der Waals surface area contributed by atoms with Crippen LogP contribution in [0, 0.1) is 0 Å². The van der Waals surface area contributed by atoms with Gasteiger partial charge in [-0.25, -0.2) is 0 Å². The summed E-state index contributed by atoms with van der Waals surface area (Å²) in [5.74, 6) is 0.100. The number of nitrogens with zero attached hydrogens (tertiary/aromatic N) is 4. The van der Waals surface area contributed by atoms with Crippen molar-refractivity contribution >= 4 is 11.8 Å². The number of likely N-dealkylation sites (tertiary alicyclic amines) is 2. The largest absolute Gasteiger partial charge is 0.339 e. The minimum atomic E-state index is -0.119. The molecule has 1 N–H and O–H groups in total. The number of rotatable bonds is 4. The minimum absolute atomic E-state index is 0.0291. The highest BCUT2D eigenvalue weighted by Crippen LogP contribution is 2.33. The summed E-state index contributed by atoms with van der Waals surface area (Å²) in [6.07, 6.45) is 10.4. The van der Waals surface area contributed by atoms with Crippen molar-refractivity contribution < 1.29 is 9.59 Å². The van der Waals surface area contributed by atoms with Crippen molar-refractivity contribution in [3.8, 4) is 0 Å². The van der Waals surface area contributed by atoms with Gasteiger partial charge in [0.2, 0.25) is 5.91 Å². The summed E-state index contributed by atoms with van der Waals surface area (Å²) >= 11 is 0. The second kappa shape index (κ2) is 7.90. The number of hydrogen-bond donors (Lipinski definition) is 1. The number of pyridine rings is 1. The van der Waals surface area contributed by atoms with Crippen LogP contribution in [0.25, 0.3) is 0 Å². The van der Waals surface area contributed by atoms with Crippen molar-refractivity contribution in [2.75, 3.05) is 19.6 Å². The molecular formula is C20H25N5O2. The number of amides is 2. The average molecular weight is 367 g/mol. The minimum Gasteiger partial charge on any atom is -0.339 e. The number of aromatic amines is 1. The van der Waals surface area contributed by atoms with Crippen LogP contribution in [0.2, 0.25) is 0 Å². The van der Waals surface area contributed by atoms with E-state index in [2.05, 4.69) is 15.2 Å². The van der Waals surface area contributed by atoms with Gasteiger partial charge in [-0.05, 0) is 43.7 Å². The zero-order valence-electron chi connectivity index (χ0n) is 15.4. The lowest BCUT2D eigenvalue weighted by atomic mass is 9.96. The highest BCUT2D eigenvalue weighted by Gasteiger charge is 2.33. The molecule has 2 amide bonds. The molecule has 2 fully saturated rings. The predicted octanol–water partition coefficient (Wildman–Crippen LogP) is 2.34. The van der Waals surface area contributed by atoms with Crippen molar-refractivity contribution in [3.05, 3.63) is 47.5 Å². The number of H-pyrrole nitrogens is 1. The summed E-state index contributed by atoms with van der Waals surface area (Å²) in [6.45, 7) is 2.32. The highest BCUT2D eigenvalue weighted by molar-refractivity contribution is 5.95. The number of hydrogen-bond acceptors (Lipinski definition) is 4. The summed E-state index contributed by atoms with van der Waals surface area (Å²) in [5.41, 5.74) is 2.30. The first-order chi connectivity index (χ1) is 13.2. The fourth-order valence-corrected chi connectivity index (χ4v) is 4.12. The molecule has 0 radical (unpaired) electrons. The molecule has 2 aliphatic heterocycles. The fraction of sp³-hybridized carbons (Fsp3) is 0.500. The van der Waals surface area contributed by atoms with Crippen LogP contribution in [0.3, 0.4) is 0 Å². The lowest BCUT2D eigenvalue weighted by Crippen LogP contribution is -2.40. The van der Waals surface area contributed by atoms with Gasteiger partial charge in [0.1, 0.15) is 0 Å². The van der Waals surface area contributed by atoms with Gasteiger partial charge in [0.25, 0.3) is 5.91 Å². The van der Waals surface area contributed by atoms with Gasteiger partial charge in [-0.2, -0.15) is 5.10 Å². The smallest absolute Gasteiger partial charge is 0.257 e. The molecule has 1 atom stereocenters. The Labute approximate surface area is 158 Å². The third kappa shape index (κ3) is 3.72. The number of nitrogens with one attached hydrogen (secondary N) is 1. The Balaban J connectivity index is 1.55. The molecule has 4 heterocycles. The molecule has 2 aliphatic rings. The van der Waals surface area contributed by atoms with Gasteiger partial charge in [-0.15, -0.1) is 0 Å². The molecule has 0 saturated carbocycles. The first-order valence-corrected chi connectivity index (χ1v) is 9.75. The van der Waals surface area contributed by atoms with Gasteiger partial charge >= 0.3 is 0 Å². The van der Waals surface area contributed by atoms with E-state index >= 15 is 0 Å². The van der Waals surface area contributed by atoms with E-state index in [-0.39, 0.29) is 17.9 Å². The third-order valence-electron chi connectivity index (χ3n) is 5.53. The lowest BCUT2D eigenvalue weighted by Gasteiger charge is -2.36. The number of aromatic nitrogens is 3. The molecule has 27 heavy (non-hydrogen) atoms. The van der Waals surface area contributed by atoms with Gasteiger partial charge in [-0.3, -0.25) is 19.7 Å². The van der Waals surface area contributed by atoms with E-state index in [1.165, 1.54) is 0 Å². The quantitative estimate of drug-likeness (QED) is 0.899. The average Bonchev–Trinajstić information content (AvgIpc) is 3.40. The van der Waals surface area contributed by atoms with E-state index in [0.717, 1.165) is 56.5 Å². The molecule has 142 valence electrons. The van der Waals surface area contributed by atoms with Gasteiger partial charge in [0, 0.05) is 32.0 Å². The van der Waals surface area contributed by atoms with Crippen molar-refractivity contribution in [1.29, 1.82) is 0 Å². The van der Waals surface area contributed by atoms with Crippen LogP contribution < -0.4 is 0 Å². The first-order valence-electron chi connectivity index (χ1n) is 9.75. The first kappa shape index (κ1) is 17.7. The normalized spacial score (nSPS) is 20.1. The van der Waals surface area contributed by atoms with Crippen molar-refractivity contribution in [1.82, 2.24) is 25.0 Å². The van der Waals surface area contributed by atoms with Crippen LogP contribution in [-0.4, -0.2) is 56.4 Å². The van der Waals surface area contributed by atoms with E-state index < -0.39 is 0 Å². The van der Waals surface area contributed by atoms with Crippen molar-refractivity contribution in [2.24, 2.45) is 0 Å². The molecule has 0 aromatic carbocycles. The molecule has 4 rings (SSSR count). The molecule has 2 aromatic rings. The molecular weight excluding hydrogens is 342 g/mol. The second-order valence-electron chi connectivity index (χ2n) is 7.33. The van der Waals surface area contributed by atoms with E-state index in [9.17, 15) is 9.59 Å². The second-order valence-corrected chi connectivity index (χ2v) is 7.33. The summed E-state index contributed by atoms with van der Waals surface area (Å²) < 4.78 is 0. The summed E-state index contributed by atoms with van der Waals surface area (Å²) in [7, 11) is 0. The van der Waals surface area contributed by atoms with Gasteiger partial charge < -0.3 is 9.80 Å². The topological polar surface area (TPSA) is 82.2 Å². The van der Waals surface area contributed by atoms with Gasteiger partial charge in [-0.1, -0.05) is 6.07 Å². The van der Waals surface area contributed by atoms with Gasteiger partial charge in [0.15, 0.2) is 0 Å². The third-order valence-corrected chi connectivity index (χ3v) is 5.53. The summed E-state index contributed by atoms with van der Waals surface area (Å²) in [5, 5.41) is 7.17. The van der Waals surface area contributed by atoms with Crippen LogP contribution in [-0.2, 0) is 11.2 Å². The molecule has 2 saturated heterocycles. The Morgan fingerprint density at radius 1 is 1.11 bits per heavy atom. The monoisotopic (exact) mass is 367 g/mol. The van der Waals surface area contributed by atoms with Crippen molar-refractivity contribution in [3.63, 3.8) is 0 Å². The van der Waals surface area contributed by atoms with Gasteiger partial charge in [0.05, 0.1) is 29.9 Å². The predicted molar refractivity (Wildman–Crippen MR) is 100.0 cm³/mol. The summed E-state index contributed by atoms with van der Waals surface area (Å²) in [6, 6.07) is 3.65. The standard InChI is InChI=1S/C20H25N5O2/c26-18(12-15-6-5-8-21-13-15)25-11-2-1-7-17(25)19-16(14-22-23-19)20(27)24-9-3-4-10-24/h5-6,8,13-14,17H,1-4,7,9-12H2,(H,22,23). The van der Waals surface area contributed by atoms with E-state index in [1.807, 2.05) is 21.9 Å². The van der Waals surface area contributed by atoms with Crippen LogP contribution in [0.5, 0.6) is 0 Å². The Morgan fingerprint density at radius 2 is 1.93 bits per heavy atom. The molecule has 0 aliphatic carbocycles. The van der Waals surface area contributed by atoms with E-state index in [1.54, 1.807) is 18.6 Å². The fourth-order valence-electron chi connectivity index (χ4n) is 4.12. The summed E-state index contributed by atoms with van der Waals surface area (Å²) in [4.78, 5) is 33.8. The van der Waals surface area contributed by atoms with Crippen LogP contribution in [0.1, 0.15) is 59.8 Å². The molecule has 0 bridgehead atoms. The van der Waals surface area contributed by atoms with Crippen LogP contribution in [0.15, 0.2) is 30.7 Å². The molecule has 2 aromatic heterocycles. The van der Waals surface area contributed by atoms with Crippen LogP contribution in [0.4, 0.5) is 0 Å². The molecule has 0 spiro atoms. The Hall–Kier alpha value is -2.70. The Kier molecular flexibility index (Phi) is 5.18. The number of carbonyl (C=O) groups is 2. The molecule has 1 unspecified atom stereocenters. The maximum atomic E-state index is 13.0. The number of piperidine rings is 1. The zero-order valence-corrected chi connectivity index (χ0v) is 15.4. The van der Waals surface area contributed by atoms with Crippen LogP contribution >= 0.6 is 0 Å². The molecule has 7 heteroatoms. The maximum Gasteiger partial charge on any atom is 0.257 e. The number of carbonyl (C=O) groups excluding carboxylic acids is 2. The lowest BCUT2D eigenvalue weighted by molar-refractivity contribution is -0.134. The van der Waals surface area contributed by atoms with E-state index in [0.29, 0.717) is 18.5 Å². The SMILES string of the molecule is O=C(c1cn[nH]c1C1CCCCN1C(=O)Cc1cccnc1)N1CCCC1. The zero-order chi connectivity index (χ0) is 18.6.